The lowest BCUT2D eigenvalue weighted by Crippen LogP contribution is -2.32. The van der Waals surface area contributed by atoms with Gasteiger partial charge in [-0.15, -0.1) is 11.3 Å². The van der Waals surface area contributed by atoms with Gasteiger partial charge in [-0.1, -0.05) is 30.3 Å². The van der Waals surface area contributed by atoms with Gasteiger partial charge in [-0.05, 0) is 30.5 Å². The highest BCUT2D eigenvalue weighted by atomic mass is 32.1. The summed E-state index contributed by atoms with van der Waals surface area (Å²) in [5.41, 5.74) is 1.90. The van der Waals surface area contributed by atoms with Gasteiger partial charge in [0.15, 0.2) is 0 Å². The van der Waals surface area contributed by atoms with E-state index in [4.69, 9.17) is 5.26 Å². The molecule has 1 atom stereocenters. The summed E-state index contributed by atoms with van der Waals surface area (Å²) in [5.74, 6) is 0.529. The number of amides is 1. The molecule has 3 rings (SSSR count). The first kappa shape index (κ1) is 16.7. The van der Waals surface area contributed by atoms with E-state index in [0.717, 1.165) is 32.6 Å². The van der Waals surface area contributed by atoms with Crippen molar-refractivity contribution < 1.29 is 4.79 Å². The number of likely N-dealkylation sites (tertiary alicyclic amines) is 1. The van der Waals surface area contributed by atoms with Crippen LogP contribution in [0.1, 0.15) is 27.2 Å². The molecule has 124 valence electrons. The zero-order valence-electron chi connectivity index (χ0n) is 13.8. The predicted molar refractivity (Wildman–Crippen MR) is 95.8 cm³/mol. The van der Waals surface area contributed by atoms with E-state index in [1.54, 1.807) is 16.3 Å². The van der Waals surface area contributed by atoms with Gasteiger partial charge in [0.25, 0.3) is 5.91 Å². The molecule has 5 heteroatoms. The second-order valence-corrected chi connectivity index (χ2v) is 7.28. The van der Waals surface area contributed by atoms with Crippen LogP contribution in [0.3, 0.4) is 0 Å². The third-order valence-corrected chi connectivity index (χ3v) is 5.36. The quantitative estimate of drug-likeness (QED) is 0.840. The van der Waals surface area contributed by atoms with E-state index in [2.05, 4.69) is 35.2 Å². The van der Waals surface area contributed by atoms with Gasteiger partial charge in [0, 0.05) is 32.1 Å². The Kier molecular flexibility index (Phi) is 5.29. The van der Waals surface area contributed by atoms with Crippen LogP contribution in [0.25, 0.3) is 0 Å². The first-order valence-corrected chi connectivity index (χ1v) is 9.04. The Bertz CT molecular complexity index is 735. The van der Waals surface area contributed by atoms with E-state index in [1.165, 1.54) is 16.9 Å². The fraction of sp³-hybridized carbons (Fsp3) is 0.368. The lowest BCUT2D eigenvalue weighted by atomic mass is 10.1. The van der Waals surface area contributed by atoms with E-state index in [-0.39, 0.29) is 5.91 Å². The molecule has 1 amide bonds. The summed E-state index contributed by atoms with van der Waals surface area (Å²) in [4.78, 5) is 17.3. The van der Waals surface area contributed by atoms with E-state index in [1.807, 2.05) is 13.1 Å². The van der Waals surface area contributed by atoms with Gasteiger partial charge in [-0.3, -0.25) is 9.69 Å². The molecule has 2 heterocycles. The summed E-state index contributed by atoms with van der Waals surface area (Å²) < 4.78 is 0. The minimum absolute atomic E-state index is 0.0167. The number of benzene rings is 1. The predicted octanol–water partition coefficient (Wildman–Crippen LogP) is 3.21. The lowest BCUT2D eigenvalue weighted by Gasteiger charge is -2.21. The van der Waals surface area contributed by atoms with E-state index < -0.39 is 0 Å². The Hall–Kier alpha value is -2.16. The Labute approximate surface area is 146 Å². The van der Waals surface area contributed by atoms with Gasteiger partial charge in [0.2, 0.25) is 0 Å². The van der Waals surface area contributed by atoms with Crippen molar-refractivity contribution in [3.05, 3.63) is 57.8 Å². The highest BCUT2D eigenvalue weighted by Crippen LogP contribution is 2.21. The summed E-state index contributed by atoms with van der Waals surface area (Å²) in [6, 6.07) is 14.3. The second kappa shape index (κ2) is 7.61. The monoisotopic (exact) mass is 339 g/mol. The van der Waals surface area contributed by atoms with Gasteiger partial charge in [-0.2, -0.15) is 5.26 Å². The smallest absolute Gasteiger partial charge is 0.263 e. The van der Waals surface area contributed by atoms with Crippen molar-refractivity contribution in [2.45, 2.75) is 13.0 Å². The molecule has 1 saturated heterocycles. The molecule has 1 aliphatic rings. The molecule has 2 aromatic rings. The molecule has 0 aliphatic carbocycles. The number of hydrogen-bond donors (Lipinski definition) is 0. The molecule has 0 radical (unpaired) electrons. The van der Waals surface area contributed by atoms with Crippen molar-refractivity contribution in [2.75, 3.05) is 26.7 Å². The molecule has 1 unspecified atom stereocenters. The fourth-order valence-corrected chi connectivity index (χ4v) is 4.04. The number of carbonyl (C=O) groups excluding carboxylic acids is 1. The van der Waals surface area contributed by atoms with Crippen molar-refractivity contribution in [1.29, 1.82) is 5.26 Å². The molecule has 0 bridgehead atoms. The van der Waals surface area contributed by atoms with Gasteiger partial charge in [0.1, 0.15) is 6.07 Å². The van der Waals surface area contributed by atoms with Gasteiger partial charge in [-0.25, -0.2) is 0 Å². The maximum absolute atomic E-state index is 12.4. The van der Waals surface area contributed by atoms with E-state index in [0.29, 0.717) is 16.4 Å². The average Bonchev–Trinajstić information content (AvgIpc) is 3.24. The normalized spacial score (nSPS) is 17.6. The second-order valence-electron chi connectivity index (χ2n) is 6.37. The van der Waals surface area contributed by atoms with Crippen LogP contribution in [-0.2, 0) is 6.54 Å². The van der Waals surface area contributed by atoms with Crippen LogP contribution in [0.2, 0.25) is 0 Å². The molecular formula is C19H21N3OS. The molecule has 4 nitrogen and oxygen atoms in total. The first-order chi connectivity index (χ1) is 11.7. The number of thiophene rings is 1. The largest absolute Gasteiger partial charge is 0.341 e. The number of nitriles is 1. The number of hydrogen-bond acceptors (Lipinski definition) is 4. The van der Waals surface area contributed by atoms with Crippen LogP contribution in [0.4, 0.5) is 0 Å². The third-order valence-electron chi connectivity index (χ3n) is 4.44. The Balaban J connectivity index is 1.51. The van der Waals surface area contributed by atoms with E-state index in [9.17, 15) is 4.79 Å². The van der Waals surface area contributed by atoms with Crippen LogP contribution in [0.5, 0.6) is 0 Å². The average molecular weight is 339 g/mol. The highest BCUT2D eigenvalue weighted by Gasteiger charge is 2.25. The summed E-state index contributed by atoms with van der Waals surface area (Å²) in [7, 11) is 1.86. The van der Waals surface area contributed by atoms with Gasteiger partial charge in [0.05, 0.1) is 10.4 Å². The molecule has 0 spiro atoms. The van der Waals surface area contributed by atoms with Crippen molar-refractivity contribution in [2.24, 2.45) is 5.92 Å². The zero-order valence-corrected chi connectivity index (χ0v) is 14.6. The zero-order chi connectivity index (χ0) is 16.9. The molecule has 1 fully saturated rings. The molecule has 1 aliphatic heterocycles. The maximum Gasteiger partial charge on any atom is 0.263 e. The lowest BCUT2D eigenvalue weighted by molar-refractivity contribution is 0.0778. The standard InChI is InChI=1S/C19H21N3OS/c1-21(19(23)18-9-17(10-20)14-24-18)11-16-7-8-22(13-16)12-15-5-3-2-4-6-15/h2-6,9,14,16H,7-8,11-13H2,1H3. The summed E-state index contributed by atoms with van der Waals surface area (Å²) in [5, 5.41) is 10.6. The number of nitrogens with zero attached hydrogens (tertiary/aromatic N) is 3. The number of carbonyl (C=O) groups is 1. The highest BCUT2D eigenvalue weighted by molar-refractivity contribution is 7.12. The fourth-order valence-electron chi connectivity index (χ4n) is 3.21. The molecule has 1 aromatic carbocycles. The van der Waals surface area contributed by atoms with Crippen molar-refractivity contribution in [1.82, 2.24) is 9.80 Å². The Morgan fingerprint density at radius 1 is 1.42 bits per heavy atom. The van der Waals surface area contributed by atoms with Crippen LogP contribution >= 0.6 is 11.3 Å². The molecule has 0 saturated carbocycles. The number of rotatable bonds is 5. The minimum atomic E-state index is 0.0167. The van der Waals surface area contributed by atoms with Crippen LogP contribution < -0.4 is 0 Å². The van der Waals surface area contributed by atoms with Gasteiger partial charge < -0.3 is 4.90 Å². The van der Waals surface area contributed by atoms with Crippen LogP contribution in [0, 0.1) is 17.2 Å². The summed E-state index contributed by atoms with van der Waals surface area (Å²) in [6.45, 7) is 3.86. The van der Waals surface area contributed by atoms with Crippen LogP contribution in [0.15, 0.2) is 41.8 Å². The van der Waals surface area contributed by atoms with E-state index >= 15 is 0 Å². The van der Waals surface area contributed by atoms with Gasteiger partial charge >= 0.3 is 0 Å². The SMILES string of the molecule is CN(CC1CCN(Cc2ccccc2)C1)C(=O)c1cc(C#N)cs1. The van der Waals surface area contributed by atoms with Crippen molar-refractivity contribution in [3.8, 4) is 6.07 Å². The Morgan fingerprint density at radius 2 is 2.21 bits per heavy atom. The topological polar surface area (TPSA) is 47.3 Å². The maximum atomic E-state index is 12.4. The summed E-state index contributed by atoms with van der Waals surface area (Å²) in [6.07, 6.45) is 1.12. The third kappa shape index (κ3) is 4.02. The Morgan fingerprint density at radius 3 is 2.92 bits per heavy atom. The first-order valence-electron chi connectivity index (χ1n) is 8.16. The summed E-state index contributed by atoms with van der Waals surface area (Å²) >= 11 is 1.35. The van der Waals surface area contributed by atoms with Crippen molar-refractivity contribution in [3.63, 3.8) is 0 Å². The van der Waals surface area contributed by atoms with Crippen molar-refractivity contribution >= 4 is 17.2 Å². The minimum Gasteiger partial charge on any atom is -0.341 e. The molecule has 0 N–H and O–H groups in total. The molecular weight excluding hydrogens is 318 g/mol. The molecule has 1 aromatic heterocycles. The van der Waals surface area contributed by atoms with Crippen LogP contribution in [-0.4, -0.2) is 42.4 Å². The molecule has 24 heavy (non-hydrogen) atoms.